The minimum Gasteiger partial charge on any atom is -0.496 e. The van der Waals surface area contributed by atoms with Gasteiger partial charge in [-0.05, 0) is 6.07 Å². The van der Waals surface area contributed by atoms with Crippen molar-refractivity contribution in [3.63, 3.8) is 0 Å². The molecule has 4 heteroatoms. The maximum absolute atomic E-state index is 5.66. The molecule has 96 valence electrons. The van der Waals surface area contributed by atoms with Crippen LogP contribution >= 0.6 is 11.3 Å². The van der Waals surface area contributed by atoms with Crippen molar-refractivity contribution in [2.24, 2.45) is 5.73 Å². The summed E-state index contributed by atoms with van der Waals surface area (Å²) in [5.74, 6) is 1.24. The van der Waals surface area contributed by atoms with E-state index in [0.29, 0.717) is 12.5 Å². The molecule has 2 aromatic rings. The predicted molar refractivity (Wildman–Crippen MR) is 75.4 cm³/mol. The van der Waals surface area contributed by atoms with E-state index in [4.69, 9.17) is 10.5 Å². The number of benzene rings is 1. The predicted octanol–water partition coefficient (Wildman–Crippen LogP) is 2.80. The van der Waals surface area contributed by atoms with E-state index in [1.165, 1.54) is 5.56 Å². The molecule has 18 heavy (non-hydrogen) atoms. The highest BCUT2D eigenvalue weighted by molar-refractivity contribution is 7.09. The topological polar surface area (TPSA) is 48.1 Å². The lowest BCUT2D eigenvalue weighted by Gasteiger charge is -2.06. The third-order valence-electron chi connectivity index (χ3n) is 2.96. The Kier molecular flexibility index (Phi) is 4.33. The first kappa shape index (κ1) is 13.1. The third kappa shape index (κ3) is 2.89. The largest absolute Gasteiger partial charge is 0.496 e. The quantitative estimate of drug-likeness (QED) is 0.901. The summed E-state index contributed by atoms with van der Waals surface area (Å²) >= 11 is 1.69. The Morgan fingerprint density at radius 3 is 2.89 bits per heavy atom. The van der Waals surface area contributed by atoms with Gasteiger partial charge in [0.2, 0.25) is 0 Å². The standard InChI is InChI=1S/C14H18N2OS/c1-10(8-15)12-9-18-14(16-12)7-11-5-3-4-6-13(11)17-2/h3-6,9-10H,7-8,15H2,1-2H3. The molecule has 0 bridgehead atoms. The van der Waals surface area contributed by atoms with Gasteiger partial charge < -0.3 is 10.5 Å². The lowest BCUT2D eigenvalue weighted by atomic mass is 10.1. The van der Waals surface area contributed by atoms with Crippen LogP contribution in [0.25, 0.3) is 0 Å². The minimum absolute atomic E-state index is 0.327. The van der Waals surface area contributed by atoms with Crippen molar-refractivity contribution >= 4 is 11.3 Å². The summed E-state index contributed by atoms with van der Waals surface area (Å²) in [5.41, 5.74) is 7.91. The molecule has 0 spiro atoms. The summed E-state index contributed by atoms with van der Waals surface area (Å²) in [4.78, 5) is 4.63. The average molecular weight is 262 g/mol. The summed E-state index contributed by atoms with van der Waals surface area (Å²) in [6.45, 7) is 2.74. The van der Waals surface area contributed by atoms with E-state index in [9.17, 15) is 0 Å². The van der Waals surface area contributed by atoms with E-state index in [1.807, 2.05) is 18.2 Å². The summed E-state index contributed by atoms with van der Waals surface area (Å²) in [6, 6.07) is 8.06. The highest BCUT2D eigenvalue weighted by Crippen LogP contribution is 2.24. The Morgan fingerprint density at radius 2 is 2.17 bits per heavy atom. The van der Waals surface area contributed by atoms with Gasteiger partial charge in [-0.15, -0.1) is 11.3 Å². The SMILES string of the molecule is COc1ccccc1Cc1nc(C(C)CN)cs1. The van der Waals surface area contributed by atoms with Gasteiger partial charge >= 0.3 is 0 Å². The Morgan fingerprint density at radius 1 is 1.39 bits per heavy atom. The number of thiazole rings is 1. The zero-order valence-electron chi connectivity index (χ0n) is 10.7. The number of para-hydroxylation sites is 1. The maximum atomic E-state index is 5.66. The number of nitrogens with two attached hydrogens (primary N) is 1. The van der Waals surface area contributed by atoms with E-state index in [2.05, 4.69) is 23.4 Å². The molecule has 0 aliphatic carbocycles. The van der Waals surface area contributed by atoms with E-state index < -0.39 is 0 Å². The molecule has 0 amide bonds. The van der Waals surface area contributed by atoms with Gasteiger partial charge in [-0.3, -0.25) is 0 Å². The van der Waals surface area contributed by atoms with Crippen molar-refractivity contribution in [3.05, 3.63) is 45.9 Å². The van der Waals surface area contributed by atoms with Crippen molar-refractivity contribution in [1.82, 2.24) is 4.98 Å². The fourth-order valence-electron chi connectivity index (χ4n) is 1.77. The molecule has 1 unspecified atom stereocenters. The van der Waals surface area contributed by atoms with Crippen LogP contribution in [0.4, 0.5) is 0 Å². The van der Waals surface area contributed by atoms with Gasteiger partial charge in [0.1, 0.15) is 5.75 Å². The number of hydrogen-bond donors (Lipinski definition) is 1. The number of hydrogen-bond acceptors (Lipinski definition) is 4. The molecule has 0 fully saturated rings. The molecular formula is C14H18N2OS. The molecule has 1 aromatic heterocycles. The van der Waals surface area contributed by atoms with Crippen LogP contribution < -0.4 is 10.5 Å². The zero-order chi connectivity index (χ0) is 13.0. The van der Waals surface area contributed by atoms with Crippen molar-refractivity contribution in [2.75, 3.05) is 13.7 Å². The maximum Gasteiger partial charge on any atom is 0.122 e. The van der Waals surface area contributed by atoms with Gasteiger partial charge in [-0.1, -0.05) is 25.1 Å². The molecule has 0 aliphatic rings. The zero-order valence-corrected chi connectivity index (χ0v) is 11.5. The van der Waals surface area contributed by atoms with E-state index >= 15 is 0 Å². The number of nitrogens with zero attached hydrogens (tertiary/aromatic N) is 1. The van der Waals surface area contributed by atoms with Gasteiger partial charge in [0, 0.05) is 29.8 Å². The van der Waals surface area contributed by atoms with Crippen molar-refractivity contribution in [2.45, 2.75) is 19.3 Å². The summed E-state index contributed by atoms with van der Waals surface area (Å²) in [7, 11) is 1.70. The molecule has 2 rings (SSSR count). The Bertz CT molecular complexity index is 510. The van der Waals surface area contributed by atoms with Crippen LogP contribution in [0.3, 0.4) is 0 Å². The summed E-state index contributed by atoms with van der Waals surface area (Å²) in [6.07, 6.45) is 0.811. The molecule has 0 radical (unpaired) electrons. The van der Waals surface area contributed by atoms with Crippen molar-refractivity contribution in [3.8, 4) is 5.75 Å². The average Bonchev–Trinajstić information content (AvgIpc) is 2.87. The monoisotopic (exact) mass is 262 g/mol. The van der Waals surface area contributed by atoms with Gasteiger partial charge in [0.25, 0.3) is 0 Å². The summed E-state index contributed by atoms with van der Waals surface area (Å²) in [5, 5.41) is 3.21. The minimum atomic E-state index is 0.327. The molecule has 3 nitrogen and oxygen atoms in total. The molecule has 0 saturated carbocycles. The van der Waals surface area contributed by atoms with Crippen LogP contribution in [0.15, 0.2) is 29.6 Å². The van der Waals surface area contributed by atoms with Crippen LogP contribution in [0, 0.1) is 0 Å². The second kappa shape index (κ2) is 5.98. The smallest absolute Gasteiger partial charge is 0.122 e. The van der Waals surface area contributed by atoms with Gasteiger partial charge in [0.05, 0.1) is 17.8 Å². The third-order valence-corrected chi connectivity index (χ3v) is 3.83. The molecule has 1 aromatic carbocycles. The molecule has 2 N–H and O–H groups in total. The Hall–Kier alpha value is -1.39. The van der Waals surface area contributed by atoms with Crippen LogP contribution in [0.5, 0.6) is 5.75 Å². The van der Waals surface area contributed by atoms with Crippen LogP contribution in [-0.4, -0.2) is 18.6 Å². The van der Waals surface area contributed by atoms with E-state index in [-0.39, 0.29) is 0 Å². The lowest BCUT2D eigenvalue weighted by molar-refractivity contribution is 0.410. The van der Waals surface area contributed by atoms with Gasteiger partial charge in [0.15, 0.2) is 0 Å². The number of rotatable bonds is 5. The van der Waals surface area contributed by atoms with Crippen molar-refractivity contribution in [1.29, 1.82) is 0 Å². The van der Waals surface area contributed by atoms with Gasteiger partial charge in [-0.25, -0.2) is 4.98 Å². The fourth-order valence-corrected chi connectivity index (χ4v) is 2.70. The normalized spacial score (nSPS) is 12.4. The number of methoxy groups -OCH3 is 1. The highest BCUT2D eigenvalue weighted by atomic mass is 32.1. The first-order valence-corrected chi connectivity index (χ1v) is 6.88. The molecular weight excluding hydrogens is 244 g/mol. The first-order chi connectivity index (χ1) is 8.74. The van der Waals surface area contributed by atoms with Crippen molar-refractivity contribution < 1.29 is 4.74 Å². The van der Waals surface area contributed by atoms with E-state index in [1.54, 1.807) is 18.4 Å². The molecule has 1 heterocycles. The fraction of sp³-hybridized carbons (Fsp3) is 0.357. The molecule has 1 atom stereocenters. The Balaban J connectivity index is 2.16. The number of aromatic nitrogens is 1. The second-order valence-electron chi connectivity index (χ2n) is 4.29. The summed E-state index contributed by atoms with van der Waals surface area (Å²) < 4.78 is 5.35. The van der Waals surface area contributed by atoms with Crippen LogP contribution in [0.2, 0.25) is 0 Å². The molecule has 0 aliphatic heterocycles. The Labute approximate surface area is 112 Å². The first-order valence-electron chi connectivity index (χ1n) is 6.01. The van der Waals surface area contributed by atoms with E-state index in [0.717, 1.165) is 22.9 Å². The highest BCUT2D eigenvalue weighted by Gasteiger charge is 2.10. The second-order valence-corrected chi connectivity index (χ2v) is 5.23. The van der Waals surface area contributed by atoms with Gasteiger partial charge in [-0.2, -0.15) is 0 Å². The van der Waals surface area contributed by atoms with Crippen LogP contribution in [0.1, 0.15) is 29.1 Å². The lowest BCUT2D eigenvalue weighted by Crippen LogP contribution is -2.09. The molecule has 0 saturated heterocycles. The number of ether oxygens (including phenoxy) is 1. The van der Waals surface area contributed by atoms with Crippen LogP contribution in [-0.2, 0) is 6.42 Å².